The van der Waals surface area contributed by atoms with Gasteiger partial charge in [0.25, 0.3) is 0 Å². The van der Waals surface area contributed by atoms with Gasteiger partial charge < -0.3 is 5.32 Å². The van der Waals surface area contributed by atoms with E-state index in [4.69, 9.17) is 0 Å². The van der Waals surface area contributed by atoms with Gasteiger partial charge in [0.2, 0.25) is 11.8 Å². The van der Waals surface area contributed by atoms with Crippen molar-refractivity contribution >= 4 is 17.5 Å². The van der Waals surface area contributed by atoms with Gasteiger partial charge in [-0.3, -0.25) is 15.0 Å². The fourth-order valence-corrected chi connectivity index (χ4v) is 1.56. The SMILES string of the molecule is O=C1CCC(C(=O)Nc2ccccc2F)NN1. The van der Waals surface area contributed by atoms with Gasteiger partial charge in [0.1, 0.15) is 11.9 Å². The lowest BCUT2D eigenvalue weighted by Crippen LogP contribution is -2.54. The van der Waals surface area contributed by atoms with Gasteiger partial charge in [-0.15, -0.1) is 0 Å². The van der Waals surface area contributed by atoms with E-state index in [1.807, 2.05) is 0 Å². The van der Waals surface area contributed by atoms with E-state index < -0.39 is 11.9 Å². The van der Waals surface area contributed by atoms with E-state index in [2.05, 4.69) is 16.2 Å². The van der Waals surface area contributed by atoms with Crippen LogP contribution in [-0.4, -0.2) is 17.9 Å². The van der Waals surface area contributed by atoms with Crippen molar-refractivity contribution in [3.05, 3.63) is 30.1 Å². The second-order valence-corrected chi connectivity index (χ2v) is 3.75. The highest BCUT2D eigenvalue weighted by Gasteiger charge is 2.24. The van der Waals surface area contributed by atoms with Crippen LogP contribution in [0.5, 0.6) is 0 Å². The van der Waals surface area contributed by atoms with E-state index in [0.29, 0.717) is 6.42 Å². The third-order valence-electron chi connectivity index (χ3n) is 2.49. The van der Waals surface area contributed by atoms with Gasteiger partial charge in [-0.2, -0.15) is 0 Å². The fraction of sp³-hybridized carbons (Fsp3) is 0.273. The molecule has 0 aliphatic carbocycles. The molecule has 1 aliphatic rings. The number of hydrogen-bond acceptors (Lipinski definition) is 3. The Balaban J connectivity index is 1.98. The molecule has 1 aliphatic heterocycles. The molecule has 2 rings (SSSR count). The molecule has 6 heteroatoms. The van der Waals surface area contributed by atoms with Gasteiger partial charge in [0, 0.05) is 6.42 Å². The topological polar surface area (TPSA) is 70.2 Å². The number of halogens is 1. The standard InChI is InChI=1S/C11H12FN3O2/c12-7-3-1-2-4-8(7)13-11(17)9-5-6-10(16)15-14-9/h1-4,9,14H,5-6H2,(H,13,17)(H,15,16). The lowest BCUT2D eigenvalue weighted by atomic mass is 10.1. The Bertz CT molecular complexity index is 440. The molecule has 0 saturated carbocycles. The van der Waals surface area contributed by atoms with Crippen LogP contribution in [0, 0.1) is 5.82 Å². The number of amides is 2. The minimum absolute atomic E-state index is 0.135. The minimum Gasteiger partial charge on any atom is -0.322 e. The zero-order valence-corrected chi connectivity index (χ0v) is 9.00. The number of anilines is 1. The first-order chi connectivity index (χ1) is 8.16. The summed E-state index contributed by atoms with van der Waals surface area (Å²) in [5.74, 6) is -1.00. The lowest BCUT2D eigenvalue weighted by Gasteiger charge is -2.22. The van der Waals surface area contributed by atoms with Crippen molar-refractivity contribution in [1.82, 2.24) is 10.9 Å². The number of hydrazine groups is 1. The number of carbonyl (C=O) groups is 2. The van der Waals surface area contributed by atoms with E-state index in [0.717, 1.165) is 0 Å². The summed E-state index contributed by atoms with van der Waals surface area (Å²) in [6, 6.07) is 5.39. The summed E-state index contributed by atoms with van der Waals surface area (Å²) < 4.78 is 13.3. The summed E-state index contributed by atoms with van der Waals surface area (Å²) in [5, 5.41) is 2.47. The van der Waals surface area contributed by atoms with Gasteiger partial charge in [-0.1, -0.05) is 12.1 Å². The molecule has 90 valence electrons. The van der Waals surface area contributed by atoms with Crippen LogP contribution in [0.15, 0.2) is 24.3 Å². The maximum atomic E-state index is 13.3. The summed E-state index contributed by atoms with van der Waals surface area (Å²) in [6.07, 6.45) is 0.675. The predicted molar refractivity (Wildman–Crippen MR) is 59.3 cm³/mol. The predicted octanol–water partition coefficient (Wildman–Crippen LogP) is 0.547. The number of hydrogen-bond donors (Lipinski definition) is 3. The van der Waals surface area contributed by atoms with Crippen molar-refractivity contribution in [2.75, 3.05) is 5.32 Å². The number of para-hydroxylation sites is 1. The van der Waals surface area contributed by atoms with E-state index >= 15 is 0 Å². The molecule has 17 heavy (non-hydrogen) atoms. The lowest BCUT2D eigenvalue weighted by molar-refractivity contribution is -0.126. The second-order valence-electron chi connectivity index (χ2n) is 3.75. The second kappa shape index (κ2) is 4.92. The first-order valence-electron chi connectivity index (χ1n) is 5.26. The van der Waals surface area contributed by atoms with Crippen LogP contribution in [0.25, 0.3) is 0 Å². The zero-order valence-electron chi connectivity index (χ0n) is 9.00. The summed E-state index contributed by atoms with van der Waals surface area (Å²) in [6.45, 7) is 0. The molecule has 0 spiro atoms. The monoisotopic (exact) mass is 237 g/mol. The Labute approximate surface area is 97.4 Å². The zero-order chi connectivity index (χ0) is 12.3. The van der Waals surface area contributed by atoms with Crippen LogP contribution >= 0.6 is 0 Å². The number of rotatable bonds is 2. The van der Waals surface area contributed by atoms with Crippen molar-refractivity contribution in [2.45, 2.75) is 18.9 Å². The molecule has 1 aromatic carbocycles. The highest BCUT2D eigenvalue weighted by molar-refractivity contribution is 5.96. The van der Waals surface area contributed by atoms with Crippen molar-refractivity contribution in [3.63, 3.8) is 0 Å². The summed E-state index contributed by atoms with van der Waals surface area (Å²) in [4.78, 5) is 22.6. The average Bonchev–Trinajstić information content (AvgIpc) is 2.33. The summed E-state index contributed by atoms with van der Waals surface area (Å²) in [7, 11) is 0. The molecule has 1 heterocycles. The first kappa shape index (κ1) is 11.5. The normalized spacial score (nSPS) is 19.6. The number of benzene rings is 1. The molecule has 1 unspecified atom stereocenters. The Kier molecular flexibility index (Phi) is 3.34. The average molecular weight is 237 g/mol. The third kappa shape index (κ3) is 2.79. The van der Waals surface area contributed by atoms with Gasteiger partial charge in [-0.25, -0.2) is 9.82 Å². The van der Waals surface area contributed by atoms with Gasteiger partial charge in [0.05, 0.1) is 5.69 Å². The Morgan fingerprint density at radius 3 is 2.82 bits per heavy atom. The largest absolute Gasteiger partial charge is 0.322 e. The highest BCUT2D eigenvalue weighted by Crippen LogP contribution is 2.13. The maximum Gasteiger partial charge on any atom is 0.243 e. The third-order valence-corrected chi connectivity index (χ3v) is 2.49. The molecule has 0 bridgehead atoms. The molecule has 1 fully saturated rings. The van der Waals surface area contributed by atoms with E-state index in [1.165, 1.54) is 12.1 Å². The molecular weight excluding hydrogens is 225 g/mol. The van der Waals surface area contributed by atoms with E-state index in [1.54, 1.807) is 12.1 Å². The first-order valence-corrected chi connectivity index (χ1v) is 5.26. The van der Waals surface area contributed by atoms with Gasteiger partial charge in [0.15, 0.2) is 0 Å². The molecule has 1 saturated heterocycles. The summed E-state index contributed by atoms with van der Waals surface area (Å²) >= 11 is 0. The van der Waals surface area contributed by atoms with Crippen molar-refractivity contribution in [1.29, 1.82) is 0 Å². The Morgan fingerprint density at radius 2 is 2.18 bits per heavy atom. The minimum atomic E-state index is -0.535. The van der Waals surface area contributed by atoms with Crippen LogP contribution in [0.1, 0.15) is 12.8 Å². The van der Waals surface area contributed by atoms with Crippen molar-refractivity contribution < 1.29 is 14.0 Å². The van der Waals surface area contributed by atoms with E-state index in [9.17, 15) is 14.0 Å². The molecule has 5 nitrogen and oxygen atoms in total. The molecule has 1 atom stereocenters. The molecule has 1 aromatic rings. The number of carbonyl (C=O) groups excluding carboxylic acids is 2. The summed E-state index contributed by atoms with van der Waals surface area (Å²) in [5.41, 5.74) is 5.08. The van der Waals surface area contributed by atoms with Crippen LogP contribution in [0.2, 0.25) is 0 Å². The van der Waals surface area contributed by atoms with Crippen LogP contribution in [0.4, 0.5) is 10.1 Å². The van der Waals surface area contributed by atoms with Crippen molar-refractivity contribution in [3.8, 4) is 0 Å². The van der Waals surface area contributed by atoms with Crippen molar-refractivity contribution in [2.24, 2.45) is 0 Å². The molecule has 0 radical (unpaired) electrons. The van der Waals surface area contributed by atoms with E-state index in [-0.39, 0.29) is 23.9 Å². The number of nitrogens with one attached hydrogen (secondary N) is 3. The smallest absolute Gasteiger partial charge is 0.243 e. The van der Waals surface area contributed by atoms with Gasteiger partial charge >= 0.3 is 0 Å². The quantitative estimate of drug-likeness (QED) is 0.703. The Hall–Kier alpha value is -1.95. The fourth-order valence-electron chi connectivity index (χ4n) is 1.56. The Morgan fingerprint density at radius 1 is 1.41 bits per heavy atom. The van der Waals surface area contributed by atoms with Crippen LogP contribution in [0.3, 0.4) is 0 Å². The molecule has 2 amide bonds. The molecule has 3 N–H and O–H groups in total. The molecular formula is C11H12FN3O2. The molecule has 0 aromatic heterocycles. The highest BCUT2D eigenvalue weighted by atomic mass is 19.1. The van der Waals surface area contributed by atoms with Gasteiger partial charge in [-0.05, 0) is 18.6 Å². The van der Waals surface area contributed by atoms with Crippen LogP contribution < -0.4 is 16.2 Å². The van der Waals surface area contributed by atoms with Crippen LogP contribution in [-0.2, 0) is 9.59 Å². The maximum absolute atomic E-state index is 13.3.